The summed E-state index contributed by atoms with van der Waals surface area (Å²) < 4.78 is 0. The molecule has 116 valence electrons. The van der Waals surface area contributed by atoms with Crippen molar-refractivity contribution < 1.29 is 9.59 Å². The summed E-state index contributed by atoms with van der Waals surface area (Å²) in [6, 6.07) is 15.6. The third kappa shape index (κ3) is 5.46. The van der Waals surface area contributed by atoms with Crippen LogP contribution in [0.5, 0.6) is 0 Å². The fraction of sp³-hybridized carbons (Fsp3) is 0.118. The van der Waals surface area contributed by atoms with E-state index in [9.17, 15) is 9.59 Å². The van der Waals surface area contributed by atoms with E-state index < -0.39 is 5.91 Å². The van der Waals surface area contributed by atoms with Crippen LogP contribution in [0.25, 0.3) is 0 Å². The molecule has 23 heavy (non-hydrogen) atoms. The van der Waals surface area contributed by atoms with Crippen molar-refractivity contribution in [3.05, 3.63) is 59.1 Å². The van der Waals surface area contributed by atoms with Gasteiger partial charge in [0, 0.05) is 16.4 Å². The Labute approximate surface area is 138 Å². The lowest BCUT2D eigenvalue weighted by Gasteiger charge is -2.08. The van der Waals surface area contributed by atoms with Crippen molar-refractivity contribution in [3.8, 4) is 6.07 Å². The van der Waals surface area contributed by atoms with Gasteiger partial charge in [0.1, 0.15) is 6.42 Å². The fourth-order valence-electron chi connectivity index (χ4n) is 1.99. The highest BCUT2D eigenvalue weighted by molar-refractivity contribution is 6.30. The van der Waals surface area contributed by atoms with Gasteiger partial charge >= 0.3 is 0 Å². The van der Waals surface area contributed by atoms with Crippen molar-refractivity contribution >= 4 is 34.8 Å². The molecule has 0 aliphatic rings. The van der Waals surface area contributed by atoms with Gasteiger partial charge in [-0.3, -0.25) is 9.59 Å². The quantitative estimate of drug-likeness (QED) is 0.883. The number of nitrogens with zero attached hydrogens (tertiary/aromatic N) is 1. The van der Waals surface area contributed by atoms with Gasteiger partial charge in [0.2, 0.25) is 11.8 Å². The maximum atomic E-state index is 12.0. The molecule has 0 radical (unpaired) electrons. The fourth-order valence-corrected chi connectivity index (χ4v) is 2.20. The standard InChI is InChI=1S/C17H14ClN3O2/c18-13-4-1-3-12(9-13)10-17(23)21-15-6-2-5-14(11-15)20-16(22)7-8-19/h1-6,9,11H,7,10H2,(H,20,22)(H,21,23). The molecule has 0 unspecified atom stereocenters. The minimum absolute atomic E-state index is 0.187. The van der Waals surface area contributed by atoms with Crippen molar-refractivity contribution in [2.24, 2.45) is 0 Å². The van der Waals surface area contributed by atoms with Crippen LogP contribution in [-0.2, 0) is 16.0 Å². The molecule has 0 atom stereocenters. The van der Waals surface area contributed by atoms with Crippen molar-refractivity contribution in [2.75, 3.05) is 10.6 Å². The Morgan fingerprint density at radius 1 is 1.00 bits per heavy atom. The number of benzene rings is 2. The van der Waals surface area contributed by atoms with Gasteiger partial charge in [-0.2, -0.15) is 5.26 Å². The highest BCUT2D eigenvalue weighted by Crippen LogP contribution is 2.16. The van der Waals surface area contributed by atoms with Gasteiger partial charge in [-0.05, 0) is 35.9 Å². The zero-order valence-electron chi connectivity index (χ0n) is 12.2. The summed E-state index contributed by atoms with van der Waals surface area (Å²) in [5, 5.41) is 14.4. The average molecular weight is 328 g/mol. The van der Waals surface area contributed by atoms with Crippen LogP contribution in [-0.4, -0.2) is 11.8 Å². The highest BCUT2D eigenvalue weighted by Gasteiger charge is 2.06. The topological polar surface area (TPSA) is 82.0 Å². The molecule has 0 saturated heterocycles. The van der Waals surface area contributed by atoms with E-state index in [0.29, 0.717) is 16.4 Å². The molecule has 0 heterocycles. The second-order valence-corrected chi connectivity index (χ2v) is 5.26. The van der Waals surface area contributed by atoms with E-state index in [1.807, 2.05) is 6.07 Å². The van der Waals surface area contributed by atoms with Gasteiger partial charge in [0.05, 0.1) is 12.5 Å². The highest BCUT2D eigenvalue weighted by atomic mass is 35.5. The van der Waals surface area contributed by atoms with Crippen LogP contribution in [0, 0.1) is 11.3 Å². The molecule has 6 heteroatoms. The molecule has 0 aliphatic carbocycles. The summed E-state index contributed by atoms with van der Waals surface area (Å²) in [4.78, 5) is 23.4. The van der Waals surface area contributed by atoms with E-state index >= 15 is 0 Å². The third-order valence-electron chi connectivity index (χ3n) is 2.92. The molecular formula is C17H14ClN3O2. The molecule has 0 saturated carbocycles. The molecule has 2 aromatic carbocycles. The Kier molecular flexibility index (Phi) is 5.73. The van der Waals surface area contributed by atoms with Crippen LogP contribution in [0.3, 0.4) is 0 Å². The first-order valence-electron chi connectivity index (χ1n) is 6.88. The predicted molar refractivity (Wildman–Crippen MR) is 89.1 cm³/mol. The number of halogens is 1. The zero-order chi connectivity index (χ0) is 16.7. The summed E-state index contributed by atoms with van der Waals surface area (Å²) in [7, 11) is 0. The van der Waals surface area contributed by atoms with E-state index in [-0.39, 0.29) is 18.7 Å². The number of carbonyl (C=O) groups excluding carboxylic acids is 2. The van der Waals surface area contributed by atoms with Crippen molar-refractivity contribution in [3.63, 3.8) is 0 Å². The summed E-state index contributed by atoms with van der Waals surface area (Å²) in [5.74, 6) is -0.581. The minimum Gasteiger partial charge on any atom is -0.326 e. The van der Waals surface area contributed by atoms with Gasteiger partial charge < -0.3 is 10.6 Å². The number of hydrogen-bond acceptors (Lipinski definition) is 3. The SMILES string of the molecule is N#CCC(=O)Nc1cccc(NC(=O)Cc2cccc(Cl)c2)c1. The maximum absolute atomic E-state index is 12.0. The lowest BCUT2D eigenvalue weighted by atomic mass is 10.1. The number of anilines is 2. The van der Waals surface area contributed by atoms with Crippen LogP contribution in [0.2, 0.25) is 5.02 Å². The van der Waals surface area contributed by atoms with E-state index in [1.165, 1.54) is 0 Å². The Morgan fingerprint density at radius 2 is 1.65 bits per heavy atom. The number of nitrogens with one attached hydrogen (secondary N) is 2. The third-order valence-corrected chi connectivity index (χ3v) is 3.16. The zero-order valence-corrected chi connectivity index (χ0v) is 12.9. The summed E-state index contributed by atoms with van der Waals surface area (Å²) in [6.07, 6.45) is -0.0169. The molecule has 0 aliphatic heterocycles. The molecule has 2 N–H and O–H groups in total. The normalized spacial score (nSPS) is 9.74. The van der Waals surface area contributed by atoms with E-state index in [2.05, 4.69) is 10.6 Å². The maximum Gasteiger partial charge on any atom is 0.238 e. The van der Waals surface area contributed by atoms with Gasteiger partial charge in [-0.15, -0.1) is 0 Å². The number of amides is 2. The molecule has 0 spiro atoms. The number of rotatable bonds is 5. The average Bonchev–Trinajstić information content (AvgIpc) is 2.47. The van der Waals surface area contributed by atoms with Crippen LogP contribution in [0.1, 0.15) is 12.0 Å². The molecule has 0 fully saturated rings. The molecule has 0 bridgehead atoms. The first-order valence-corrected chi connectivity index (χ1v) is 7.26. The van der Waals surface area contributed by atoms with Gasteiger partial charge in [-0.25, -0.2) is 0 Å². The molecule has 2 rings (SSSR count). The lowest BCUT2D eigenvalue weighted by molar-refractivity contribution is -0.116. The summed E-state index contributed by atoms with van der Waals surface area (Å²) in [5.41, 5.74) is 1.89. The molecule has 2 aromatic rings. The summed E-state index contributed by atoms with van der Waals surface area (Å²) in [6.45, 7) is 0. The van der Waals surface area contributed by atoms with Gasteiger partial charge in [0.15, 0.2) is 0 Å². The second kappa shape index (κ2) is 7.97. The Morgan fingerprint density at radius 3 is 2.30 bits per heavy atom. The molecular weight excluding hydrogens is 314 g/mol. The smallest absolute Gasteiger partial charge is 0.238 e. The van der Waals surface area contributed by atoms with Crippen LogP contribution in [0.15, 0.2) is 48.5 Å². The number of carbonyl (C=O) groups is 2. The Bertz CT molecular complexity index is 768. The van der Waals surface area contributed by atoms with Gasteiger partial charge in [-0.1, -0.05) is 29.8 Å². The van der Waals surface area contributed by atoms with Crippen molar-refractivity contribution in [2.45, 2.75) is 12.8 Å². The van der Waals surface area contributed by atoms with Gasteiger partial charge in [0.25, 0.3) is 0 Å². The first kappa shape index (κ1) is 16.5. The van der Waals surface area contributed by atoms with Crippen molar-refractivity contribution in [1.29, 1.82) is 5.26 Å². The summed E-state index contributed by atoms with van der Waals surface area (Å²) >= 11 is 5.89. The largest absolute Gasteiger partial charge is 0.326 e. The molecule has 2 amide bonds. The number of hydrogen-bond donors (Lipinski definition) is 2. The van der Waals surface area contributed by atoms with Crippen LogP contribution in [0.4, 0.5) is 11.4 Å². The predicted octanol–water partition coefficient (Wildman–Crippen LogP) is 3.37. The lowest BCUT2D eigenvalue weighted by Crippen LogP contribution is -2.15. The van der Waals surface area contributed by atoms with E-state index in [0.717, 1.165) is 5.56 Å². The Hall–Kier alpha value is -2.84. The van der Waals surface area contributed by atoms with Crippen LogP contribution < -0.4 is 10.6 Å². The second-order valence-electron chi connectivity index (χ2n) is 4.82. The molecule has 5 nitrogen and oxygen atoms in total. The van der Waals surface area contributed by atoms with E-state index in [1.54, 1.807) is 48.5 Å². The molecule has 0 aromatic heterocycles. The monoisotopic (exact) mass is 327 g/mol. The first-order chi connectivity index (χ1) is 11.1. The number of nitriles is 1. The van der Waals surface area contributed by atoms with Crippen molar-refractivity contribution in [1.82, 2.24) is 0 Å². The minimum atomic E-state index is -0.394. The Balaban J connectivity index is 1.98. The van der Waals surface area contributed by atoms with Crippen LogP contribution >= 0.6 is 11.6 Å². The van der Waals surface area contributed by atoms with E-state index in [4.69, 9.17) is 16.9 Å².